The Morgan fingerprint density at radius 3 is 2.50 bits per heavy atom. The highest BCUT2D eigenvalue weighted by atomic mass is 16.5. The number of methoxy groups -OCH3 is 2. The predicted octanol–water partition coefficient (Wildman–Crippen LogP) is 3.68. The van der Waals surface area contributed by atoms with Gasteiger partial charge in [0.05, 0.1) is 26.0 Å². The molecule has 0 aliphatic heterocycles. The van der Waals surface area contributed by atoms with Crippen molar-refractivity contribution in [2.24, 2.45) is 0 Å². The van der Waals surface area contributed by atoms with Gasteiger partial charge in [0.1, 0.15) is 0 Å². The van der Waals surface area contributed by atoms with E-state index in [0.29, 0.717) is 6.04 Å². The van der Waals surface area contributed by atoms with Gasteiger partial charge in [-0.3, -0.25) is 4.68 Å². The van der Waals surface area contributed by atoms with Crippen LogP contribution in [0.4, 0.5) is 0 Å². The lowest BCUT2D eigenvalue weighted by Gasteiger charge is -2.10. The number of ether oxygens (including phenoxy) is 2. The molecule has 1 heterocycles. The lowest BCUT2D eigenvalue weighted by atomic mass is 10.1. The van der Waals surface area contributed by atoms with Gasteiger partial charge in [-0.15, -0.1) is 0 Å². The molecule has 2 aromatic rings. The van der Waals surface area contributed by atoms with E-state index in [1.807, 2.05) is 18.2 Å². The summed E-state index contributed by atoms with van der Waals surface area (Å²) in [5, 5.41) is 4.71. The zero-order valence-electron chi connectivity index (χ0n) is 12.0. The number of hydrogen-bond acceptors (Lipinski definition) is 3. The molecule has 1 aromatic carbocycles. The van der Waals surface area contributed by atoms with Crippen LogP contribution in [0.5, 0.6) is 11.5 Å². The summed E-state index contributed by atoms with van der Waals surface area (Å²) in [7, 11) is 3.30. The van der Waals surface area contributed by atoms with Crippen LogP contribution in [0.15, 0.2) is 30.5 Å². The molecule has 3 rings (SSSR count). The second kappa shape index (κ2) is 5.57. The Hall–Kier alpha value is -1.97. The molecule has 0 atom stereocenters. The fraction of sp³-hybridized carbons (Fsp3) is 0.438. The predicted molar refractivity (Wildman–Crippen MR) is 78.3 cm³/mol. The maximum absolute atomic E-state index is 5.35. The van der Waals surface area contributed by atoms with Crippen molar-refractivity contribution in [2.45, 2.75) is 31.7 Å². The Balaban J connectivity index is 1.88. The van der Waals surface area contributed by atoms with Crippen LogP contribution in [0.25, 0.3) is 11.3 Å². The van der Waals surface area contributed by atoms with Gasteiger partial charge in [-0.2, -0.15) is 5.10 Å². The molecule has 0 saturated heterocycles. The van der Waals surface area contributed by atoms with E-state index in [0.717, 1.165) is 22.8 Å². The van der Waals surface area contributed by atoms with Crippen molar-refractivity contribution in [1.82, 2.24) is 9.78 Å². The summed E-state index contributed by atoms with van der Waals surface area (Å²) in [5.74, 6) is 1.48. The first-order valence-electron chi connectivity index (χ1n) is 7.09. The molecular formula is C16H20N2O2. The smallest absolute Gasteiger partial charge is 0.161 e. The van der Waals surface area contributed by atoms with Crippen LogP contribution < -0.4 is 9.47 Å². The minimum atomic E-state index is 0.573. The summed E-state index contributed by atoms with van der Waals surface area (Å²) in [5.41, 5.74) is 2.04. The van der Waals surface area contributed by atoms with Gasteiger partial charge in [0, 0.05) is 11.8 Å². The van der Waals surface area contributed by atoms with Crippen LogP contribution in [-0.4, -0.2) is 24.0 Å². The minimum absolute atomic E-state index is 0.573. The summed E-state index contributed by atoms with van der Waals surface area (Å²) in [6.45, 7) is 0. The maximum atomic E-state index is 5.35. The van der Waals surface area contributed by atoms with Crippen molar-refractivity contribution in [1.29, 1.82) is 0 Å². The number of rotatable bonds is 4. The van der Waals surface area contributed by atoms with E-state index in [9.17, 15) is 0 Å². The fourth-order valence-corrected chi connectivity index (χ4v) is 2.86. The Morgan fingerprint density at radius 2 is 1.80 bits per heavy atom. The molecule has 4 heteroatoms. The summed E-state index contributed by atoms with van der Waals surface area (Å²) in [4.78, 5) is 0. The van der Waals surface area contributed by atoms with Crippen LogP contribution in [0, 0.1) is 0 Å². The molecule has 1 saturated carbocycles. The molecule has 20 heavy (non-hydrogen) atoms. The average molecular weight is 272 g/mol. The van der Waals surface area contributed by atoms with Crippen LogP contribution in [0.3, 0.4) is 0 Å². The molecular weight excluding hydrogens is 252 g/mol. The Morgan fingerprint density at radius 1 is 1.05 bits per heavy atom. The molecule has 0 spiro atoms. The number of aromatic nitrogens is 2. The third-order valence-electron chi connectivity index (χ3n) is 3.99. The van der Waals surface area contributed by atoms with E-state index in [2.05, 4.69) is 16.9 Å². The number of benzene rings is 1. The largest absolute Gasteiger partial charge is 0.493 e. The number of hydrogen-bond donors (Lipinski definition) is 0. The van der Waals surface area contributed by atoms with Gasteiger partial charge in [0.15, 0.2) is 11.5 Å². The van der Waals surface area contributed by atoms with Crippen molar-refractivity contribution in [3.63, 3.8) is 0 Å². The van der Waals surface area contributed by atoms with E-state index in [1.54, 1.807) is 14.2 Å². The van der Waals surface area contributed by atoms with Crippen molar-refractivity contribution in [3.05, 3.63) is 30.5 Å². The fourth-order valence-electron chi connectivity index (χ4n) is 2.86. The van der Waals surface area contributed by atoms with Gasteiger partial charge in [-0.25, -0.2) is 0 Å². The third kappa shape index (κ3) is 2.38. The second-order valence-corrected chi connectivity index (χ2v) is 5.19. The summed E-state index contributed by atoms with van der Waals surface area (Å²) >= 11 is 0. The van der Waals surface area contributed by atoms with Crippen molar-refractivity contribution >= 4 is 0 Å². The topological polar surface area (TPSA) is 36.3 Å². The van der Waals surface area contributed by atoms with Gasteiger partial charge in [0.2, 0.25) is 0 Å². The van der Waals surface area contributed by atoms with Crippen LogP contribution in [0.1, 0.15) is 31.7 Å². The van der Waals surface area contributed by atoms with Crippen LogP contribution in [0.2, 0.25) is 0 Å². The zero-order chi connectivity index (χ0) is 13.9. The van der Waals surface area contributed by atoms with Gasteiger partial charge in [0.25, 0.3) is 0 Å². The highest BCUT2D eigenvalue weighted by molar-refractivity contribution is 5.63. The van der Waals surface area contributed by atoms with E-state index in [4.69, 9.17) is 14.6 Å². The first-order chi connectivity index (χ1) is 9.81. The molecule has 1 fully saturated rings. The van der Waals surface area contributed by atoms with Gasteiger partial charge >= 0.3 is 0 Å². The Bertz CT molecular complexity index is 586. The van der Waals surface area contributed by atoms with Crippen molar-refractivity contribution in [3.8, 4) is 22.8 Å². The van der Waals surface area contributed by atoms with Crippen LogP contribution in [-0.2, 0) is 0 Å². The highest BCUT2D eigenvalue weighted by Crippen LogP contribution is 2.33. The Labute approximate surface area is 119 Å². The van der Waals surface area contributed by atoms with E-state index in [-0.39, 0.29) is 0 Å². The van der Waals surface area contributed by atoms with E-state index >= 15 is 0 Å². The van der Waals surface area contributed by atoms with E-state index in [1.165, 1.54) is 25.7 Å². The molecule has 1 aliphatic carbocycles. The first-order valence-corrected chi connectivity index (χ1v) is 7.09. The van der Waals surface area contributed by atoms with Gasteiger partial charge < -0.3 is 9.47 Å². The summed E-state index contributed by atoms with van der Waals surface area (Å²) < 4.78 is 12.7. The van der Waals surface area contributed by atoms with Gasteiger partial charge in [-0.05, 0) is 37.1 Å². The Kier molecular flexibility index (Phi) is 3.63. The molecule has 0 N–H and O–H groups in total. The summed E-state index contributed by atoms with van der Waals surface area (Å²) in [6, 6.07) is 8.55. The summed E-state index contributed by atoms with van der Waals surface area (Å²) in [6.07, 6.45) is 7.20. The van der Waals surface area contributed by atoms with Crippen molar-refractivity contribution in [2.75, 3.05) is 14.2 Å². The second-order valence-electron chi connectivity index (χ2n) is 5.19. The SMILES string of the molecule is COc1ccc(-c2ccn(C3CCCC3)n2)cc1OC. The average Bonchev–Trinajstić information content (AvgIpc) is 3.16. The standard InChI is InChI=1S/C16H20N2O2/c1-19-15-8-7-12(11-16(15)20-2)14-9-10-18(17-14)13-5-3-4-6-13/h7-11,13H,3-6H2,1-2H3. The molecule has 4 nitrogen and oxygen atoms in total. The van der Waals surface area contributed by atoms with Crippen molar-refractivity contribution < 1.29 is 9.47 Å². The first kappa shape index (κ1) is 13.0. The third-order valence-corrected chi connectivity index (χ3v) is 3.99. The lowest BCUT2D eigenvalue weighted by molar-refractivity contribution is 0.355. The lowest BCUT2D eigenvalue weighted by Crippen LogP contribution is -2.04. The molecule has 106 valence electrons. The molecule has 0 radical (unpaired) electrons. The zero-order valence-corrected chi connectivity index (χ0v) is 12.0. The molecule has 0 unspecified atom stereocenters. The molecule has 0 amide bonds. The van der Waals surface area contributed by atoms with E-state index < -0.39 is 0 Å². The van der Waals surface area contributed by atoms with Gasteiger partial charge in [-0.1, -0.05) is 12.8 Å². The number of nitrogens with zero attached hydrogens (tertiary/aromatic N) is 2. The minimum Gasteiger partial charge on any atom is -0.493 e. The normalized spacial score (nSPS) is 15.5. The highest BCUT2D eigenvalue weighted by Gasteiger charge is 2.18. The van der Waals surface area contributed by atoms with Crippen LogP contribution >= 0.6 is 0 Å². The monoisotopic (exact) mass is 272 g/mol. The molecule has 1 aromatic heterocycles. The maximum Gasteiger partial charge on any atom is 0.161 e. The molecule has 1 aliphatic rings. The quantitative estimate of drug-likeness (QED) is 0.851. The molecule has 0 bridgehead atoms.